The number of hydrogen-bond donors (Lipinski definition) is 1. The van der Waals surface area contributed by atoms with Crippen LogP contribution < -0.4 is 19.5 Å². The van der Waals surface area contributed by atoms with Gasteiger partial charge in [0.2, 0.25) is 0 Å². The lowest BCUT2D eigenvalue weighted by molar-refractivity contribution is -0.118. The van der Waals surface area contributed by atoms with Crippen LogP contribution in [0.4, 0.5) is 5.69 Å². The van der Waals surface area contributed by atoms with Gasteiger partial charge in [-0.25, -0.2) is 0 Å². The molecule has 0 bridgehead atoms. The summed E-state index contributed by atoms with van der Waals surface area (Å²) in [6.45, 7) is 2.34. The van der Waals surface area contributed by atoms with E-state index in [1.54, 1.807) is 25.3 Å². The first-order chi connectivity index (χ1) is 13.7. The number of methoxy groups -OCH3 is 1. The van der Waals surface area contributed by atoms with E-state index in [2.05, 4.69) is 9.88 Å². The molecule has 2 heterocycles. The van der Waals surface area contributed by atoms with Crippen LogP contribution in [0.25, 0.3) is 10.9 Å². The summed E-state index contributed by atoms with van der Waals surface area (Å²) in [4.78, 5) is 12.3. The van der Waals surface area contributed by atoms with Crippen LogP contribution in [0.5, 0.6) is 17.2 Å². The van der Waals surface area contributed by atoms with E-state index in [4.69, 9.17) is 18.9 Å². The van der Waals surface area contributed by atoms with Crippen LogP contribution in [0.3, 0.4) is 0 Å². The summed E-state index contributed by atoms with van der Waals surface area (Å²) in [5.74, 6) is 1.75. The number of benzene rings is 2. The zero-order chi connectivity index (χ0) is 19.3. The van der Waals surface area contributed by atoms with E-state index in [0.717, 1.165) is 17.4 Å². The molecular weight excluding hydrogens is 360 g/mol. The van der Waals surface area contributed by atoms with Gasteiger partial charge in [-0.05, 0) is 30.3 Å². The minimum Gasteiger partial charge on any atom is -0.486 e. The van der Waals surface area contributed by atoms with Crippen LogP contribution in [0.15, 0.2) is 48.7 Å². The lowest BCUT2D eigenvalue weighted by Gasteiger charge is -2.19. The molecule has 28 heavy (non-hydrogen) atoms. The third-order valence-corrected chi connectivity index (χ3v) is 4.49. The molecule has 1 aliphatic heterocycles. The zero-order valence-corrected chi connectivity index (χ0v) is 15.6. The molecule has 7 nitrogen and oxygen atoms in total. The Morgan fingerprint density at radius 2 is 2.00 bits per heavy atom. The Labute approximate surface area is 162 Å². The van der Waals surface area contributed by atoms with Gasteiger partial charge in [-0.1, -0.05) is 6.07 Å². The second-order valence-corrected chi connectivity index (χ2v) is 6.39. The maximum absolute atomic E-state index is 12.3. The summed E-state index contributed by atoms with van der Waals surface area (Å²) < 4.78 is 24.0. The Morgan fingerprint density at radius 1 is 1.14 bits per heavy atom. The molecule has 0 fully saturated rings. The highest BCUT2D eigenvalue weighted by Gasteiger charge is 2.13. The number of amides is 1. The maximum atomic E-state index is 12.3. The molecular formula is C21H22N2O5. The Kier molecular flexibility index (Phi) is 5.34. The second-order valence-electron chi connectivity index (χ2n) is 6.39. The first-order valence-electron chi connectivity index (χ1n) is 9.14. The predicted octanol–water partition coefficient (Wildman–Crippen LogP) is 3.08. The van der Waals surface area contributed by atoms with Gasteiger partial charge < -0.3 is 28.8 Å². The Hall–Kier alpha value is -3.19. The van der Waals surface area contributed by atoms with Crippen molar-refractivity contribution in [1.82, 2.24) is 4.57 Å². The lowest BCUT2D eigenvalue weighted by atomic mass is 10.2. The van der Waals surface area contributed by atoms with E-state index in [1.165, 1.54) is 0 Å². The highest BCUT2D eigenvalue weighted by Crippen LogP contribution is 2.32. The summed E-state index contributed by atoms with van der Waals surface area (Å²) in [6, 6.07) is 13.1. The van der Waals surface area contributed by atoms with Crippen molar-refractivity contribution in [2.75, 3.05) is 38.9 Å². The molecule has 2 aromatic carbocycles. The number of anilines is 1. The normalized spacial score (nSPS) is 12.8. The fourth-order valence-corrected chi connectivity index (χ4v) is 3.17. The first kappa shape index (κ1) is 18.2. The number of fused-ring (bicyclic) bond motifs is 2. The summed E-state index contributed by atoms with van der Waals surface area (Å²) in [7, 11) is 1.68. The van der Waals surface area contributed by atoms with E-state index in [-0.39, 0.29) is 12.5 Å². The highest BCUT2D eigenvalue weighted by atomic mass is 16.6. The number of carbonyl (C=O) groups excluding carboxylic acids is 1. The molecule has 7 heteroatoms. The third kappa shape index (κ3) is 3.89. The van der Waals surface area contributed by atoms with Crippen molar-refractivity contribution in [2.45, 2.75) is 6.54 Å². The van der Waals surface area contributed by atoms with Gasteiger partial charge in [-0.3, -0.25) is 4.79 Å². The number of nitrogens with one attached hydrogen (secondary N) is 1. The number of carbonyl (C=O) groups is 1. The first-order valence-corrected chi connectivity index (χ1v) is 9.14. The van der Waals surface area contributed by atoms with Crippen molar-refractivity contribution in [3.8, 4) is 17.2 Å². The number of hydrogen-bond acceptors (Lipinski definition) is 5. The van der Waals surface area contributed by atoms with E-state index in [1.807, 2.05) is 30.5 Å². The lowest BCUT2D eigenvalue weighted by Crippen LogP contribution is -2.21. The van der Waals surface area contributed by atoms with Crippen molar-refractivity contribution in [3.05, 3.63) is 48.7 Å². The van der Waals surface area contributed by atoms with Crippen LogP contribution >= 0.6 is 0 Å². The molecule has 1 aliphatic rings. The number of nitrogens with zero attached hydrogens (tertiary/aromatic N) is 1. The minimum absolute atomic E-state index is 0.0865. The van der Waals surface area contributed by atoms with Crippen LogP contribution in [0.2, 0.25) is 0 Å². The molecule has 0 atom stereocenters. The van der Waals surface area contributed by atoms with Crippen molar-refractivity contribution < 1.29 is 23.7 Å². The molecule has 146 valence electrons. The molecule has 1 aromatic heterocycles. The molecule has 0 spiro atoms. The molecule has 0 saturated heterocycles. The van der Waals surface area contributed by atoms with E-state index in [0.29, 0.717) is 42.8 Å². The van der Waals surface area contributed by atoms with Crippen LogP contribution in [0, 0.1) is 0 Å². The van der Waals surface area contributed by atoms with Crippen molar-refractivity contribution >= 4 is 22.5 Å². The number of ether oxygens (including phenoxy) is 4. The average molecular weight is 382 g/mol. The van der Waals surface area contributed by atoms with Gasteiger partial charge in [0.1, 0.15) is 19.0 Å². The fraction of sp³-hybridized carbons (Fsp3) is 0.286. The van der Waals surface area contributed by atoms with Gasteiger partial charge in [0.15, 0.2) is 18.1 Å². The van der Waals surface area contributed by atoms with Crippen molar-refractivity contribution in [3.63, 3.8) is 0 Å². The molecule has 4 rings (SSSR count). The standard InChI is InChI=1S/C21H22N2O5/c1-25-10-9-23-8-7-16-17(23)3-2-4-18(16)28-14-21(24)22-15-5-6-19-20(13-15)27-12-11-26-19/h2-8,13H,9-12,14H2,1H3,(H,22,24). The van der Waals surface area contributed by atoms with E-state index in [9.17, 15) is 4.79 Å². The molecule has 3 aromatic rings. The van der Waals surface area contributed by atoms with Crippen LogP contribution in [0.1, 0.15) is 0 Å². The van der Waals surface area contributed by atoms with Gasteiger partial charge in [0, 0.05) is 37.0 Å². The minimum atomic E-state index is -0.243. The van der Waals surface area contributed by atoms with Gasteiger partial charge in [0.05, 0.1) is 12.1 Å². The molecule has 0 saturated carbocycles. The zero-order valence-electron chi connectivity index (χ0n) is 15.6. The largest absolute Gasteiger partial charge is 0.486 e. The van der Waals surface area contributed by atoms with Crippen molar-refractivity contribution in [1.29, 1.82) is 0 Å². The Bertz CT molecular complexity index is 982. The van der Waals surface area contributed by atoms with Crippen LogP contribution in [-0.2, 0) is 16.1 Å². The molecule has 0 radical (unpaired) electrons. The predicted molar refractivity (Wildman–Crippen MR) is 105 cm³/mol. The smallest absolute Gasteiger partial charge is 0.262 e. The topological polar surface area (TPSA) is 71.0 Å². The summed E-state index contributed by atoms with van der Waals surface area (Å²) in [5.41, 5.74) is 1.68. The highest BCUT2D eigenvalue weighted by molar-refractivity contribution is 5.93. The van der Waals surface area contributed by atoms with Gasteiger partial charge in [0.25, 0.3) is 5.91 Å². The summed E-state index contributed by atoms with van der Waals surface area (Å²) in [5, 5.41) is 3.79. The maximum Gasteiger partial charge on any atom is 0.262 e. The molecule has 1 amide bonds. The number of aromatic nitrogens is 1. The van der Waals surface area contributed by atoms with Gasteiger partial charge in [-0.15, -0.1) is 0 Å². The monoisotopic (exact) mass is 382 g/mol. The summed E-state index contributed by atoms with van der Waals surface area (Å²) >= 11 is 0. The fourth-order valence-electron chi connectivity index (χ4n) is 3.17. The Morgan fingerprint density at radius 3 is 2.86 bits per heavy atom. The van der Waals surface area contributed by atoms with Crippen molar-refractivity contribution in [2.24, 2.45) is 0 Å². The van der Waals surface area contributed by atoms with Crippen LogP contribution in [-0.4, -0.2) is 44.0 Å². The molecule has 0 aliphatic carbocycles. The van der Waals surface area contributed by atoms with E-state index < -0.39 is 0 Å². The SMILES string of the molecule is COCCn1ccc2c(OCC(=O)Nc3ccc4c(c3)OCCO4)cccc21. The summed E-state index contributed by atoms with van der Waals surface area (Å²) in [6.07, 6.45) is 1.99. The van der Waals surface area contributed by atoms with Gasteiger partial charge >= 0.3 is 0 Å². The average Bonchev–Trinajstić information content (AvgIpc) is 3.14. The van der Waals surface area contributed by atoms with Gasteiger partial charge in [-0.2, -0.15) is 0 Å². The Balaban J connectivity index is 1.40. The third-order valence-electron chi connectivity index (χ3n) is 4.49. The quantitative estimate of drug-likeness (QED) is 0.680. The molecule has 1 N–H and O–H groups in total. The second kappa shape index (κ2) is 8.22. The van der Waals surface area contributed by atoms with E-state index >= 15 is 0 Å². The molecule has 0 unspecified atom stereocenters. The number of rotatable bonds is 7.